The molecule has 0 radical (unpaired) electrons. The number of rotatable bonds is 6. The minimum atomic E-state index is -3.86. The van der Waals surface area contributed by atoms with Gasteiger partial charge in [0.05, 0.1) is 23.3 Å². The Bertz CT molecular complexity index is 1390. The van der Waals surface area contributed by atoms with Gasteiger partial charge in [-0.2, -0.15) is 0 Å². The second kappa shape index (κ2) is 8.90. The van der Waals surface area contributed by atoms with Crippen molar-refractivity contribution in [2.45, 2.75) is 19.9 Å². The molecule has 0 spiro atoms. The average molecular weight is 487 g/mol. The molecule has 2 heterocycles. The molecule has 3 aromatic rings. The maximum absolute atomic E-state index is 13.2. The van der Waals surface area contributed by atoms with Crippen LogP contribution < -0.4 is 24.7 Å². The molecule has 4 rings (SSSR count). The Morgan fingerprint density at radius 3 is 2.38 bits per heavy atom. The summed E-state index contributed by atoms with van der Waals surface area (Å²) in [7, 11) is -2.15. The lowest BCUT2D eigenvalue weighted by atomic mass is 10.2. The lowest BCUT2D eigenvalue weighted by Gasteiger charge is -2.29. The third kappa shape index (κ3) is 4.26. The van der Waals surface area contributed by atoms with Crippen LogP contribution in [0.2, 0.25) is 0 Å². The molecule has 1 aliphatic rings. The normalized spacial score (nSPS) is 13.9. The summed E-state index contributed by atoms with van der Waals surface area (Å²) in [5.41, 5.74) is 1.08. The van der Waals surface area contributed by atoms with E-state index in [0.717, 1.165) is 10.6 Å². The van der Waals surface area contributed by atoms with Crippen LogP contribution in [-0.2, 0) is 21.9 Å². The molecule has 1 atom stereocenters. The van der Waals surface area contributed by atoms with Crippen molar-refractivity contribution in [2.75, 3.05) is 29.1 Å². The summed E-state index contributed by atoms with van der Waals surface area (Å²) in [6.45, 7) is 3.90. The number of sulfonamides is 1. The Morgan fingerprint density at radius 2 is 1.74 bits per heavy atom. The van der Waals surface area contributed by atoms with E-state index in [1.54, 1.807) is 42.9 Å². The van der Waals surface area contributed by atoms with E-state index in [0.29, 0.717) is 36.1 Å². The first-order valence-corrected chi connectivity index (χ1v) is 12.5. The topological polar surface area (TPSA) is 112 Å². The fourth-order valence-corrected chi connectivity index (χ4v) is 5.08. The van der Waals surface area contributed by atoms with E-state index >= 15 is 0 Å². The van der Waals surface area contributed by atoms with Gasteiger partial charge in [0.25, 0.3) is 5.56 Å². The van der Waals surface area contributed by atoms with Crippen molar-refractivity contribution in [3.05, 3.63) is 64.6 Å². The SMILES string of the molecule is Cc1c(NC(=O)[C@@H](C)N(c2ccc3c(c2)OCCO3)S(C)(=O)=O)c(=O)n(-c2ccccc2)n1C. The number of benzene rings is 2. The molecule has 1 aromatic heterocycles. The minimum Gasteiger partial charge on any atom is -0.486 e. The molecule has 180 valence electrons. The standard InChI is InChI=1S/C23H26N4O6S/c1-15-21(23(29)26(25(15)3)17-8-6-5-7-9-17)24-22(28)16(2)27(34(4,30)31)18-10-11-19-20(14-18)33-13-12-32-19/h5-11,14,16H,12-13H2,1-4H3,(H,24,28)/t16-/m1/s1. The third-order valence-corrected chi connectivity index (χ3v) is 6.91. The van der Waals surface area contributed by atoms with Crippen LogP contribution in [0.15, 0.2) is 53.3 Å². The molecule has 0 saturated heterocycles. The summed E-state index contributed by atoms with van der Waals surface area (Å²) in [6.07, 6.45) is 1.02. The number of fused-ring (bicyclic) bond motifs is 1. The number of anilines is 2. The Kier molecular flexibility index (Phi) is 6.13. The summed E-state index contributed by atoms with van der Waals surface area (Å²) in [5.74, 6) is 0.253. The van der Waals surface area contributed by atoms with E-state index in [9.17, 15) is 18.0 Å². The van der Waals surface area contributed by atoms with Crippen LogP contribution >= 0.6 is 0 Å². The van der Waals surface area contributed by atoms with E-state index in [1.807, 2.05) is 18.2 Å². The van der Waals surface area contributed by atoms with Gasteiger partial charge < -0.3 is 14.8 Å². The second-order valence-electron chi connectivity index (χ2n) is 7.99. The summed E-state index contributed by atoms with van der Waals surface area (Å²) < 4.78 is 40.5. The molecular weight excluding hydrogens is 460 g/mol. The first-order chi connectivity index (χ1) is 16.1. The number of nitrogens with zero attached hydrogens (tertiary/aromatic N) is 3. The lowest BCUT2D eigenvalue weighted by molar-refractivity contribution is -0.116. The van der Waals surface area contributed by atoms with Crippen LogP contribution in [0.25, 0.3) is 5.69 Å². The van der Waals surface area contributed by atoms with E-state index in [1.165, 1.54) is 17.7 Å². The van der Waals surface area contributed by atoms with Crippen LogP contribution in [0.3, 0.4) is 0 Å². The Labute approximate surface area is 197 Å². The van der Waals surface area contributed by atoms with Gasteiger partial charge >= 0.3 is 0 Å². The molecule has 0 aliphatic carbocycles. The van der Waals surface area contributed by atoms with Gasteiger partial charge in [0, 0.05) is 13.1 Å². The summed E-state index contributed by atoms with van der Waals surface area (Å²) >= 11 is 0. The van der Waals surface area contributed by atoms with Crippen LogP contribution in [0.1, 0.15) is 12.6 Å². The van der Waals surface area contributed by atoms with Gasteiger partial charge in [-0.05, 0) is 38.1 Å². The van der Waals surface area contributed by atoms with Crippen molar-refractivity contribution in [1.29, 1.82) is 0 Å². The van der Waals surface area contributed by atoms with Crippen LogP contribution in [0.5, 0.6) is 11.5 Å². The van der Waals surface area contributed by atoms with Crippen LogP contribution in [0, 0.1) is 6.92 Å². The van der Waals surface area contributed by atoms with Crippen molar-refractivity contribution >= 4 is 27.3 Å². The van der Waals surface area contributed by atoms with Crippen molar-refractivity contribution in [3.8, 4) is 17.2 Å². The zero-order valence-electron chi connectivity index (χ0n) is 19.3. The zero-order chi connectivity index (χ0) is 24.6. The molecule has 1 aliphatic heterocycles. The monoisotopic (exact) mass is 486 g/mol. The van der Waals surface area contributed by atoms with Crippen LogP contribution in [-0.4, -0.2) is 49.2 Å². The highest BCUT2D eigenvalue weighted by atomic mass is 32.2. The minimum absolute atomic E-state index is 0.0822. The molecule has 0 fully saturated rings. The van der Waals surface area contributed by atoms with Gasteiger partial charge in [-0.15, -0.1) is 0 Å². The predicted molar refractivity (Wildman–Crippen MR) is 129 cm³/mol. The number of amides is 1. The highest BCUT2D eigenvalue weighted by Crippen LogP contribution is 2.35. The predicted octanol–water partition coefficient (Wildman–Crippen LogP) is 2.05. The third-order valence-electron chi connectivity index (χ3n) is 5.67. The molecular formula is C23H26N4O6S. The fraction of sp³-hybridized carbons (Fsp3) is 0.304. The number of hydrogen-bond acceptors (Lipinski definition) is 6. The maximum Gasteiger partial charge on any atom is 0.295 e. The fourth-order valence-electron chi connectivity index (χ4n) is 3.92. The van der Waals surface area contributed by atoms with Crippen molar-refractivity contribution in [1.82, 2.24) is 9.36 Å². The molecule has 2 aromatic carbocycles. The number of para-hydroxylation sites is 1. The van der Waals surface area contributed by atoms with Gasteiger partial charge in [0.15, 0.2) is 11.5 Å². The number of aromatic nitrogens is 2. The first-order valence-electron chi connectivity index (χ1n) is 10.6. The van der Waals surface area contributed by atoms with Crippen molar-refractivity contribution in [3.63, 3.8) is 0 Å². The molecule has 10 nitrogen and oxygen atoms in total. The number of ether oxygens (including phenoxy) is 2. The maximum atomic E-state index is 13.2. The Hall–Kier alpha value is -3.73. The van der Waals surface area contributed by atoms with Gasteiger partial charge in [-0.3, -0.25) is 18.6 Å². The highest BCUT2D eigenvalue weighted by Gasteiger charge is 2.31. The molecule has 1 N–H and O–H groups in total. The summed E-state index contributed by atoms with van der Waals surface area (Å²) in [6, 6.07) is 12.5. The molecule has 0 bridgehead atoms. The summed E-state index contributed by atoms with van der Waals surface area (Å²) in [4.78, 5) is 26.3. The Morgan fingerprint density at radius 1 is 1.09 bits per heavy atom. The van der Waals surface area contributed by atoms with Crippen molar-refractivity contribution < 1.29 is 22.7 Å². The number of hydrogen-bond donors (Lipinski definition) is 1. The highest BCUT2D eigenvalue weighted by molar-refractivity contribution is 7.92. The first kappa shape index (κ1) is 23.4. The average Bonchev–Trinajstić information content (AvgIpc) is 3.01. The zero-order valence-corrected chi connectivity index (χ0v) is 20.1. The molecule has 1 amide bonds. The molecule has 34 heavy (non-hydrogen) atoms. The van der Waals surface area contributed by atoms with Gasteiger partial charge in [-0.1, -0.05) is 18.2 Å². The second-order valence-corrected chi connectivity index (χ2v) is 9.85. The number of nitrogens with one attached hydrogen (secondary N) is 1. The molecule has 11 heteroatoms. The van der Waals surface area contributed by atoms with E-state index in [-0.39, 0.29) is 11.4 Å². The number of carbonyl (C=O) groups is 1. The van der Waals surface area contributed by atoms with Gasteiger partial charge in [0.2, 0.25) is 15.9 Å². The van der Waals surface area contributed by atoms with Crippen LogP contribution in [0.4, 0.5) is 11.4 Å². The quantitative estimate of drug-likeness (QED) is 0.571. The molecule has 0 saturated carbocycles. The van der Waals surface area contributed by atoms with Crippen molar-refractivity contribution in [2.24, 2.45) is 7.05 Å². The largest absolute Gasteiger partial charge is 0.486 e. The summed E-state index contributed by atoms with van der Waals surface area (Å²) in [5, 5.41) is 2.64. The van der Waals surface area contributed by atoms with E-state index in [2.05, 4.69) is 5.32 Å². The lowest BCUT2D eigenvalue weighted by Crippen LogP contribution is -2.46. The molecule has 0 unspecified atom stereocenters. The van der Waals surface area contributed by atoms with E-state index in [4.69, 9.17) is 9.47 Å². The van der Waals surface area contributed by atoms with Gasteiger partial charge in [0.1, 0.15) is 24.9 Å². The van der Waals surface area contributed by atoms with Gasteiger partial charge in [-0.25, -0.2) is 13.1 Å². The smallest absolute Gasteiger partial charge is 0.295 e. The Balaban J connectivity index is 1.67. The van der Waals surface area contributed by atoms with E-state index < -0.39 is 27.5 Å². The number of carbonyl (C=O) groups excluding carboxylic acids is 1.